The summed E-state index contributed by atoms with van der Waals surface area (Å²) >= 11 is 0. The maximum absolute atomic E-state index is 11.2. The highest BCUT2D eigenvalue weighted by Gasteiger charge is 2.12. The molecule has 0 unspecified atom stereocenters. The Hall–Kier alpha value is -1.57. The van der Waals surface area contributed by atoms with Crippen LogP contribution in [-0.4, -0.2) is 10.9 Å². The van der Waals surface area contributed by atoms with Gasteiger partial charge in [-0.3, -0.25) is 4.79 Å². The van der Waals surface area contributed by atoms with Crippen molar-refractivity contribution in [3.05, 3.63) is 34.9 Å². The van der Waals surface area contributed by atoms with Crippen LogP contribution in [0.3, 0.4) is 0 Å². The maximum Gasteiger partial charge on any atom is 0.163 e. The van der Waals surface area contributed by atoms with Crippen molar-refractivity contribution in [1.82, 2.24) is 0 Å². The second kappa shape index (κ2) is 3.29. The molecule has 1 aliphatic rings. The third-order valence-corrected chi connectivity index (χ3v) is 2.51. The highest BCUT2D eigenvalue weighted by Crippen LogP contribution is 2.27. The molecule has 72 valence electrons. The van der Waals surface area contributed by atoms with E-state index in [2.05, 4.69) is 6.08 Å². The van der Waals surface area contributed by atoms with Gasteiger partial charge in [0.05, 0.1) is 5.56 Å². The van der Waals surface area contributed by atoms with Crippen molar-refractivity contribution >= 4 is 11.9 Å². The molecule has 2 rings (SSSR count). The van der Waals surface area contributed by atoms with Crippen molar-refractivity contribution in [2.45, 2.75) is 19.8 Å². The second-order valence-corrected chi connectivity index (χ2v) is 3.57. The molecule has 0 atom stereocenters. The Bertz CT molecular complexity index is 417. The van der Waals surface area contributed by atoms with Gasteiger partial charge in [0.25, 0.3) is 0 Å². The van der Waals surface area contributed by atoms with E-state index in [1.165, 1.54) is 6.92 Å². The number of carbonyl (C=O) groups excluding carboxylic acids is 1. The predicted octanol–water partition coefficient (Wildman–Crippen LogP) is 2.55. The molecule has 0 heterocycles. The van der Waals surface area contributed by atoms with Crippen LogP contribution in [0.25, 0.3) is 6.08 Å². The summed E-state index contributed by atoms with van der Waals surface area (Å²) in [6.07, 6.45) is 6.04. The van der Waals surface area contributed by atoms with Crippen molar-refractivity contribution in [1.29, 1.82) is 0 Å². The molecule has 0 saturated heterocycles. The molecular formula is C12H12O2. The normalized spacial score (nSPS) is 13.8. The van der Waals surface area contributed by atoms with Crippen molar-refractivity contribution in [3.8, 4) is 5.75 Å². The highest BCUT2D eigenvalue weighted by atomic mass is 16.3. The minimum Gasteiger partial charge on any atom is -0.507 e. The third-order valence-electron chi connectivity index (χ3n) is 2.51. The van der Waals surface area contributed by atoms with Crippen LogP contribution in [-0.2, 0) is 6.42 Å². The molecule has 0 fully saturated rings. The lowest BCUT2D eigenvalue weighted by Crippen LogP contribution is -1.99. The number of phenolic OH excluding ortho intramolecular Hbond substituents is 1. The van der Waals surface area contributed by atoms with Crippen LogP contribution in [0.2, 0.25) is 0 Å². The zero-order chi connectivity index (χ0) is 10.1. The van der Waals surface area contributed by atoms with E-state index in [9.17, 15) is 9.90 Å². The van der Waals surface area contributed by atoms with Gasteiger partial charge in [-0.1, -0.05) is 12.2 Å². The van der Waals surface area contributed by atoms with E-state index in [-0.39, 0.29) is 11.5 Å². The molecule has 14 heavy (non-hydrogen) atoms. The van der Waals surface area contributed by atoms with Crippen molar-refractivity contribution in [2.75, 3.05) is 0 Å². The summed E-state index contributed by atoms with van der Waals surface area (Å²) in [7, 11) is 0. The van der Waals surface area contributed by atoms with Gasteiger partial charge in [-0.2, -0.15) is 0 Å². The SMILES string of the molecule is CC(=O)c1cc2c(cc1O)CCC=C2. The Morgan fingerprint density at radius 1 is 1.43 bits per heavy atom. The number of benzene rings is 1. The van der Waals surface area contributed by atoms with Crippen LogP contribution in [0.5, 0.6) is 5.75 Å². The molecule has 1 aromatic carbocycles. The standard InChI is InChI=1S/C12H12O2/c1-8(13)11-6-9-4-2-3-5-10(9)7-12(11)14/h2,4,6-7,14H,3,5H2,1H3. The van der Waals surface area contributed by atoms with E-state index in [1.54, 1.807) is 12.1 Å². The van der Waals surface area contributed by atoms with E-state index in [1.807, 2.05) is 6.08 Å². The Labute approximate surface area is 82.9 Å². The van der Waals surface area contributed by atoms with Crippen molar-refractivity contribution < 1.29 is 9.90 Å². The average molecular weight is 188 g/mol. The van der Waals surface area contributed by atoms with Crippen LogP contribution in [0.15, 0.2) is 18.2 Å². The predicted molar refractivity (Wildman–Crippen MR) is 55.5 cm³/mol. The number of ketones is 1. The number of fused-ring (bicyclic) bond motifs is 1. The van der Waals surface area contributed by atoms with Crippen LogP contribution in [0.1, 0.15) is 34.8 Å². The Kier molecular flexibility index (Phi) is 2.12. The lowest BCUT2D eigenvalue weighted by molar-refractivity contribution is 0.101. The number of phenols is 1. The number of rotatable bonds is 1. The molecule has 1 N–H and O–H groups in total. The number of hydrogen-bond acceptors (Lipinski definition) is 2. The smallest absolute Gasteiger partial charge is 0.163 e. The first-order valence-corrected chi connectivity index (χ1v) is 4.72. The molecule has 0 aromatic heterocycles. The monoisotopic (exact) mass is 188 g/mol. The van der Waals surface area contributed by atoms with Gasteiger partial charge in [-0.15, -0.1) is 0 Å². The molecule has 0 saturated carbocycles. The molecular weight excluding hydrogens is 176 g/mol. The molecule has 0 spiro atoms. The summed E-state index contributed by atoms with van der Waals surface area (Å²) in [4.78, 5) is 11.2. The van der Waals surface area contributed by atoms with E-state index in [0.29, 0.717) is 5.56 Å². The highest BCUT2D eigenvalue weighted by molar-refractivity contribution is 5.97. The fraction of sp³-hybridized carbons (Fsp3) is 0.250. The fourth-order valence-corrected chi connectivity index (χ4v) is 1.75. The van der Waals surface area contributed by atoms with Crippen LogP contribution < -0.4 is 0 Å². The summed E-state index contributed by atoms with van der Waals surface area (Å²) in [5, 5.41) is 9.59. The number of aryl methyl sites for hydroxylation is 1. The molecule has 0 amide bonds. The molecule has 2 nitrogen and oxygen atoms in total. The molecule has 1 aromatic rings. The second-order valence-electron chi connectivity index (χ2n) is 3.57. The molecule has 2 heteroatoms. The largest absolute Gasteiger partial charge is 0.507 e. The van der Waals surface area contributed by atoms with Crippen LogP contribution >= 0.6 is 0 Å². The zero-order valence-electron chi connectivity index (χ0n) is 8.08. The van der Waals surface area contributed by atoms with E-state index in [0.717, 1.165) is 24.0 Å². The summed E-state index contributed by atoms with van der Waals surface area (Å²) in [5.74, 6) is 0.0100. The summed E-state index contributed by atoms with van der Waals surface area (Å²) < 4.78 is 0. The van der Waals surface area contributed by atoms with Crippen LogP contribution in [0, 0.1) is 0 Å². The average Bonchev–Trinajstić information content (AvgIpc) is 2.16. The van der Waals surface area contributed by atoms with Gasteiger partial charge in [0.1, 0.15) is 5.75 Å². The molecule has 0 radical (unpaired) electrons. The Morgan fingerprint density at radius 2 is 2.21 bits per heavy atom. The fourth-order valence-electron chi connectivity index (χ4n) is 1.75. The van der Waals surface area contributed by atoms with Gasteiger partial charge in [0.15, 0.2) is 5.78 Å². The van der Waals surface area contributed by atoms with Gasteiger partial charge in [0.2, 0.25) is 0 Å². The topological polar surface area (TPSA) is 37.3 Å². The minimum atomic E-state index is -0.0933. The van der Waals surface area contributed by atoms with Gasteiger partial charge in [0, 0.05) is 0 Å². The third kappa shape index (κ3) is 1.43. The maximum atomic E-state index is 11.2. The first-order chi connectivity index (χ1) is 6.68. The van der Waals surface area contributed by atoms with E-state index >= 15 is 0 Å². The number of allylic oxidation sites excluding steroid dienone is 1. The first kappa shape index (κ1) is 9.00. The van der Waals surface area contributed by atoms with E-state index in [4.69, 9.17) is 0 Å². The van der Waals surface area contributed by atoms with Crippen molar-refractivity contribution in [3.63, 3.8) is 0 Å². The van der Waals surface area contributed by atoms with Gasteiger partial charge in [-0.25, -0.2) is 0 Å². The van der Waals surface area contributed by atoms with Gasteiger partial charge in [-0.05, 0) is 43.0 Å². The quantitative estimate of drug-likeness (QED) is 0.688. The molecule has 0 bridgehead atoms. The Morgan fingerprint density at radius 3 is 2.93 bits per heavy atom. The number of aromatic hydroxyl groups is 1. The van der Waals surface area contributed by atoms with Gasteiger partial charge >= 0.3 is 0 Å². The van der Waals surface area contributed by atoms with Crippen molar-refractivity contribution in [2.24, 2.45) is 0 Å². The molecule has 0 aliphatic heterocycles. The minimum absolute atomic E-state index is 0.0933. The van der Waals surface area contributed by atoms with Crippen LogP contribution in [0.4, 0.5) is 0 Å². The van der Waals surface area contributed by atoms with E-state index < -0.39 is 0 Å². The lowest BCUT2D eigenvalue weighted by atomic mass is 9.94. The number of carbonyl (C=O) groups is 1. The summed E-state index contributed by atoms with van der Waals surface area (Å²) in [5.41, 5.74) is 2.59. The first-order valence-electron chi connectivity index (χ1n) is 4.72. The summed E-state index contributed by atoms with van der Waals surface area (Å²) in [6.45, 7) is 1.47. The Balaban J connectivity index is 2.58. The number of Topliss-reactive ketones (excluding diaryl/α,β-unsaturated/α-hetero) is 1. The number of hydrogen-bond donors (Lipinski definition) is 1. The summed E-state index contributed by atoms with van der Waals surface area (Å²) in [6, 6.07) is 3.47. The zero-order valence-corrected chi connectivity index (χ0v) is 8.08. The molecule has 1 aliphatic carbocycles. The van der Waals surface area contributed by atoms with Gasteiger partial charge < -0.3 is 5.11 Å². The lowest BCUT2D eigenvalue weighted by Gasteiger charge is -2.12.